The molecule has 1 heterocycles. The third kappa shape index (κ3) is 2.36. The van der Waals surface area contributed by atoms with Crippen LogP contribution in [0.15, 0.2) is 0 Å². The van der Waals surface area contributed by atoms with E-state index in [0.717, 1.165) is 6.42 Å². The molecular weight excluding hydrogens is 212 g/mol. The zero-order valence-electron chi connectivity index (χ0n) is 9.27. The van der Waals surface area contributed by atoms with Gasteiger partial charge in [0.25, 0.3) is 0 Å². The molecule has 16 heavy (non-hydrogen) atoms. The zero-order chi connectivity index (χ0) is 12.3. The second-order valence-corrected chi connectivity index (χ2v) is 3.52. The highest BCUT2D eigenvalue weighted by Gasteiger charge is 2.26. The highest BCUT2D eigenvalue weighted by molar-refractivity contribution is 5.77. The van der Waals surface area contributed by atoms with Gasteiger partial charge >= 0.3 is 5.69 Å². The number of carbonyl (C=O) groups excluding carboxylic acids is 1. The van der Waals surface area contributed by atoms with E-state index in [0.29, 0.717) is 12.1 Å². The lowest BCUT2D eigenvalue weighted by molar-refractivity contribution is -0.386. The van der Waals surface area contributed by atoms with Crippen molar-refractivity contribution < 1.29 is 9.72 Å². The van der Waals surface area contributed by atoms with Gasteiger partial charge in [-0.05, 0) is 6.42 Å². The van der Waals surface area contributed by atoms with Crippen LogP contribution in [-0.4, -0.2) is 20.6 Å². The number of rotatable bonds is 5. The smallest absolute Gasteiger partial charge is 0.313 e. The highest BCUT2D eigenvalue weighted by Crippen LogP contribution is 2.24. The molecule has 0 saturated heterocycles. The molecule has 1 aromatic heterocycles. The Balaban J connectivity index is 3.23. The molecule has 0 unspecified atom stereocenters. The molecule has 2 N–H and O–H groups in total. The molecule has 1 amide bonds. The maximum atomic E-state index is 10.9. The van der Waals surface area contributed by atoms with Crippen molar-refractivity contribution in [2.24, 2.45) is 12.8 Å². The average molecular weight is 226 g/mol. The second kappa shape index (κ2) is 4.73. The van der Waals surface area contributed by atoms with Gasteiger partial charge in [-0.3, -0.25) is 19.6 Å². The van der Waals surface area contributed by atoms with Crippen molar-refractivity contribution in [3.63, 3.8) is 0 Å². The Hall–Kier alpha value is -1.92. The van der Waals surface area contributed by atoms with Gasteiger partial charge in [0.05, 0.1) is 11.3 Å². The predicted octanol–water partition coefficient (Wildman–Crippen LogP) is 0.309. The second-order valence-electron chi connectivity index (χ2n) is 3.52. The van der Waals surface area contributed by atoms with Gasteiger partial charge in [0.1, 0.15) is 11.4 Å². The first-order valence-electron chi connectivity index (χ1n) is 4.94. The number of primary amides is 1. The first-order valence-corrected chi connectivity index (χ1v) is 4.94. The van der Waals surface area contributed by atoms with Gasteiger partial charge in [-0.15, -0.1) is 0 Å². The van der Waals surface area contributed by atoms with E-state index in [9.17, 15) is 14.9 Å². The molecule has 1 aromatic rings. The minimum atomic E-state index is -0.603. The molecule has 0 aliphatic carbocycles. The van der Waals surface area contributed by atoms with E-state index < -0.39 is 10.8 Å². The van der Waals surface area contributed by atoms with Crippen molar-refractivity contribution >= 4 is 11.6 Å². The Morgan fingerprint density at radius 3 is 2.69 bits per heavy atom. The number of nitrogens with two attached hydrogens (primary N) is 1. The van der Waals surface area contributed by atoms with Gasteiger partial charge < -0.3 is 5.73 Å². The monoisotopic (exact) mass is 226 g/mol. The maximum absolute atomic E-state index is 10.9. The van der Waals surface area contributed by atoms with Crippen molar-refractivity contribution in [3.05, 3.63) is 21.5 Å². The van der Waals surface area contributed by atoms with Crippen LogP contribution in [0.25, 0.3) is 0 Å². The Morgan fingerprint density at radius 2 is 2.25 bits per heavy atom. The van der Waals surface area contributed by atoms with Crippen molar-refractivity contribution in [1.82, 2.24) is 9.78 Å². The molecule has 0 fully saturated rings. The highest BCUT2D eigenvalue weighted by atomic mass is 16.6. The van der Waals surface area contributed by atoms with E-state index in [1.807, 2.05) is 6.92 Å². The third-order valence-electron chi connectivity index (χ3n) is 2.22. The number of aryl methyl sites for hydroxylation is 2. The molecule has 0 bridgehead atoms. The summed E-state index contributed by atoms with van der Waals surface area (Å²) in [4.78, 5) is 21.2. The number of carbonyl (C=O) groups is 1. The van der Waals surface area contributed by atoms with Crippen molar-refractivity contribution in [2.75, 3.05) is 0 Å². The number of hydrogen-bond acceptors (Lipinski definition) is 4. The summed E-state index contributed by atoms with van der Waals surface area (Å²) in [7, 11) is 1.57. The van der Waals surface area contributed by atoms with E-state index >= 15 is 0 Å². The molecule has 0 aliphatic heterocycles. The quantitative estimate of drug-likeness (QED) is 0.576. The van der Waals surface area contributed by atoms with Gasteiger partial charge in [-0.1, -0.05) is 13.3 Å². The van der Waals surface area contributed by atoms with Crippen molar-refractivity contribution in [1.29, 1.82) is 0 Å². The van der Waals surface area contributed by atoms with E-state index in [4.69, 9.17) is 5.73 Å². The lowest BCUT2D eigenvalue weighted by Crippen LogP contribution is -2.16. The average Bonchev–Trinajstić information content (AvgIpc) is 2.43. The zero-order valence-corrected chi connectivity index (χ0v) is 9.27. The predicted molar refractivity (Wildman–Crippen MR) is 56.8 cm³/mol. The van der Waals surface area contributed by atoms with E-state index in [1.54, 1.807) is 7.05 Å². The molecule has 1 rings (SSSR count). The fraction of sp³-hybridized carbons (Fsp3) is 0.556. The number of amides is 1. The van der Waals surface area contributed by atoms with Gasteiger partial charge in [0.2, 0.25) is 5.91 Å². The van der Waals surface area contributed by atoms with E-state index in [1.165, 1.54) is 4.68 Å². The Kier molecular flexibility index (Phi) is 3.60. The maximum Gasteiger partial charge on any atom is 0.313 e. The van der Waals surface area contributed by atoms with Crippen LogP contribution in [0, 0.1) is 10.1 Å². The van der Waals surface area contributed by atoms with Crippen LogP contribution in [0.1, 0.15) is 24.7 Å². The first-order chi connectivity index (χ1) is 7.47. The van der Waals surface area contributed by atoms with Crippen LogP contribution in [0.5, 0.6) is 0 Å². The molecule has 0 saturated carbocycles. The summed E-state index contributed by atoms with van der Waals surface area (Å²) in [6.07, 6.45) is 1.11. The molecule has 88 valence electrons. The van der Waals surface area contributed by atoms with Gasteiger partial charge in [-0.25, -0.2) is 0 Å². The van der Waals surface area contributed by atoms with Gasteiger partial charge in [-0.2, -0.15) is 5.10 Å². The molecule has 0 radical (unpaired) electrons. The number of nitrogens with zero attached hydrogens (tertiary/aromatic N) is 3. The molecule has 0 atom stereocenters. The molecular formula is C9H14N4O3. The Labute approximate surface area is 92.4 Å². The molecule has 7 nitrogen and oxygen atoms in total. The topological polar surface area (TPSA) is 104 Å². The lowest BCUT2D eigenvalue weighted by atomic mass is 10.2. The van der Waals surface area contributed by atoms with E-state index in [-0.39, 0.29) is 17.8 Å². The summed E-state index contributed by atoms with van der Waals surface area (Å²) < 4.78 is 1.36. The van der Waals surface area contributed by atoms with Crippen molar-refractivity contribution in [3.8, 4) is 0 Å². The van der Waals surface area contributed by atoms with Crippen molar-refractivity contribution in [2.45, 2.75) is 26.2 Å². The standard InChI is InChI=1S/C9H14N4O3/c1-3-4-6-9(13(15)16)7(5-8(10)14)12(2)11-6/h3-5H2,1-2H3,(H2,10,14). The van der Waals surface area contributed by atoms with Crippen LogP contribution >= 0.6 is 0 Å². The Bertz CT molecular complexity index is 425. The summed E-state index contributed by atoms with van der Waals surface area (Å²) in [5.74, 6) is -0.603. The number of aromatic nitrogens is 2. The minimum Gasteiger partial charge on any atom is -0.369 e. The van der Waals surface area contributed by atoms with Crippen LogP contribution in [0.2, 0.25) is 0 Å². The summed E-state index contributed by atoms with van der Waals surface area (Å²) in [6, 6.07) is 0. The summed E-state index contributed by atoms with van der Waals surface area (Å²) in [5.41, 5.74) is 5.64. The van der Waals surface area contributed by atoms with Crippen LogP contribution in [0.4, 0.5) is 5.69 Å². The summed E-state index contributed by atoms with van der Waals surface area (Å²) in [6.45, 7) is 1.91. The van der Waals surface area contributed by atoms with Gasteiger partial charge in [0, 0.05) is 7.05 Å². The normalized spacial score (nSPS) is 10.4. The molecule has 0 aromatic carbocycles. The molecule has 0 aliphatic rings. The van der Waals surface area contributed by atoms with Crippen LogP contribution in [-0.2, 0) is 24.7 Å². The largest absolute Gasteiger partial charge is 0.369 e. The minimum absolute atomic E-state index is 0.0804. The van der Waals surface area contributed by atoms with Crippen LogP contribution in [0.3, 0.4) is 0 Å². The lowest BCUT2D eigenvalue weighted by Gasteiger charge is -1.97. The van der Waals surface area contributed by atoms with Crippen LogP contribution < -0.4 is 5.73 Å². The number of nitro groups is 1. The fourth-order valence-electron chi connectivity index (χ4n) is 1.59. The summed E-state index contributed by atoms with van der Waals surface area (Å²) >= 11 is 0. The van der Waals surface area contributed by atoms with E-state index in [2.05, 4.69) is 5.10 Å². The fourth-order valence-corrected chi connectivity index (χ4v) is 1.59. The summed E-state index contributed by atoms with van der Waals surface area (Å²) in [5, 5.41) is 15.0. The Morgan fingerprint density at radius 1 is 1.62 bits per heavy atom. The first kappa shape index (κ1) is 12.2. The SMILES string of the molecule is CCCc1nn(C)c(CC(N)=O)c1[N+](=O)[O-]. The molecule has 7 heteroatoms. The third-order valence-corrected chi connectivity index (χ3v) is 2.22. The number of hydrogen-bond donors (Lipinski definition) is 1. The molecule has 0 spiro atoms. The van der Waals surface area contributed by atoms with Gasteiger partial charge in [0.15, 0.2) is 0 Å².